The zero-order chi connectivity index (χ0) is 20.1. The fourth-order valence-corrected chi connectivity index (χ4v) is 3.18. The number of furan rings is 1. The number of amides is 3. The highest BCUT2D eigenvalue weighted by Gasteiger charge is 2.20. The number of carbonyl (C=O) groups is 2. The van der Waals surface area contributed by atoms with E-state index >= 15 is 0 Å². The van der Waals surface area contributed by atoms with Gasteiger partial charge in [0.2, 0.25) is 0 Å². The van der Waals surface area contributed by atoms with Gasteiger partial charge in [-0.1, -0.05) is 20.8 Å². The lowest BCUT2D eigenvalue weighted by atomic mass is 9.98. The largest absolute Gasteiger partial charge is 0.467 e. The minimum atomic E-state index is -0.340. The molecule has 0 saturated carbocycles. The van der Waals surface area contributed by atoms with E-state index in [2.05, 4.69) is 41.7 Å². The van der Waals surface area contributed by atoms with Gasteiger partial charge in [0, 0.05) is 16.8 Å². The number of carbonyl (C=O) groups excluding carboxylic acids is 2. The Kier molecular flexibility index (Phi) is 5.79. The summed E-state index contributed by atoms with van der Waals surface area (Å²) in [5.41, 5.74) is 1.16. The highest BCUT2D eigenvalue weighted by atomic mass is 32.1. The summed E-state index contributed by atoms with van der Waals surface area (Å²) in [7, 11) is 0. The molecule has 7 nitrogen and oxygen atoms in total. The van der Waals surface area contributed by atoms with Crippen molar-refractivity contribution in [3.63, 3.8) is 0 Å². The van der Waals surface area contributed by atoms with Gasteiger partial charge in [0.15, 0.2) is 0 Å². The predicted molar refractivity (Wildman–Crippen MR) is 110 cm³/mol. The molecule has 1 aromatic carbocycles. The van der Waals surface area contributed by atoms with Crippen LogP contribution in [0.2, 0.25) is 0 Å². The molecule has 146 valence electrons. The number of urea groups is 1. The summed E-state index contributed by atoms with van der Waals surface area (Å²) in [6.45, 7) is 6.48. The Morgan fingerprint density at radius 2 is 1.75 bits per heavy atom. The Bertz CT molecular complexity index is 941. The molecule has 0 spiro atoms. The minimum absolute atomic E-state index is 0.0893. The smallest absolute Gasteiger partial charge is 0.319 e. The SMILES string of the molecule is CC(C)(C)c1ncc(C(=O)Nc2ccc(NC(=O)NCc3ccco3)cc2)s1. The van der Waals surface area contributed by atoms with Crippen molar-refractivity contribution in [1.29, 1.82) is 0 Å². The van der Waals surface area contributed by atoms with Crippen molar-refractivity contribution in [3.8, 4) is 0 Å². The summed E-state index contributed by atoms with van der Waals surface area (Å²) in [5, 5.41) is 9.17. The monoisotopic (exact) mass is 398 g/mol. The van der Waals surface area contributed by atoms with E-state index in [9.17, 15) is 9.59 Å². The molecule has 0 fully saturated rings. The van der Waals surface area contributed by atoms with Crippen LogP contribution in [0, 0.1) is 0 Å². The van der Waals surface area contributed by atoms with Gasteiger partial charge in [-0.2, -0.15) is 0 Å². The Morgan fingerprint density at radius 3 is 2.32 bits per heavy atom. The molecule has 0 aliphatic rings. The Balaban J connectivity index is 1.53. The lowest BCUT2D eigenvalue weighted by Gasteiger charge is -2.13. The molecule has 8 heteroatoms. The van der Waals surface area contributed by atoms with E-state index in [1.165, 1.54) is 11.3 Å². The molecule has 2 heterocycles. The zero-order valence-electron chi connectivity index (χ0n) is 15.9. The van der Waals surface area contributed by atoms with Crippen LogP contribution in [0.5, 0.6) is 0 Å². The highest BCUT2D eigenvalue weighted by Crippen LogP contribution is 2.27. The summed E-state index contributed by atoms with van der Waals surface area (Å²) in [6, 6.07) is 10.1. The molecule has 0 aliphatic carbocycles. The van der Waals surface area contributed by atoms with Crippen LogP contribution in [0.1, 0.15) is 41.2 Å². The van der Waals surface area contributed by atoms with Crippen LogP contribution < -0.4 is 16.0 Å². The molecule has 0 radical (unpaired) electrons. The molecule has 3 amide bonds. The second-order valence-electron chi connectivity index (χ2n) is 7.20. The van der Waals surface area contributed by atoms with Crippen LogP contribution in [0.4, 0.5) is 16.2 Å². The molecule has 0 unspecified atom stereocenters. The molecular weight excluding hydrogens is 376 g/mol. The van der Waals surface area contributed by atoms with Gasteiger partial charge in [-0.3, -0.25) is 4.79 Å². The first-order valence-corrected chi connectivity index (χ1v) is 9.58. The van der Waals surface area contributed by atoms with Crippen molar-refractivity contribution in [1.82, 2.24) is 10.3 Å². The molecule has 3 N–H and O–H groups in total. The van der Waals surface area contributed by atoms with Crippen molar-refractivity contribution in [2.24, 2.45) is 0 Å². The summed E-state index contributed by atoms with van der Waals surface area (Å²) < 4.78 is 5.16. The van der Waals surface area contributed by atoms with Crippen LogP contribution in [0.25, 0.3) is 0 Å². The van der Waals surface area contributed by atoms with Gasteiger partial charge in [-0.15, -0.1) is 11.3 Å². The quantitative estimate of drug-likeness (QED) is 0.585. The molecule has 2 aromatic heterocycles. The average molecular weight is 398 g/mol. The third-order valence-corrected chi connectivity index (χ3v) is 5.20. The molecular formula is C20H22N4O3S. The van der Waals surface area contributed by atoms with E-state index in [1.807, 2.05) is 0 Å². The van der Waals surface area contributed by atoms with E-state index in [0.29, 0.717) is 28.6 Å². The summed E-state index contributed by atoms with van der Waals surface area (Å²) in [6.07, 6.45) is 3.15. The van der Waals surface area contributed by atoms with E-state index in [4.69, 9.17) is 4.42 Å². The van der Waals surface area contributed by atoms with E-state index in [-0.39, 0.29) is 17.4 Å². The molecule has 0 aliphatic heterocycles. The van der Waals surface area contributed by atoms with Crippen LogP contribution in [0.15, 0.2) is 53.3 Å². The molecule has 0 atom stereocenters. The summed E-state index contributed by atoms with van der Waals surface area (Å²) >= 11 is 1.39. The Hall–Kier alpha value is -3.13. The van der Waals surface area contributed by atoms with Gasteiger partial charge < -0.3 is 20.4 Å². The lowest BCUT2D eigenvalue weighted by Crippen LogP contribution is -2.27. The van der Waals surface area contributed by atoms with E-state index in [0.717, 1.165) is 5.01 Å². The normalized spacial score (nSPS) is 11.1. The number of nitrogens with zero attached hydrogens (tertiary/aromatic N) is 1. The number of thiazole rings is 1. The highest BCUT2D eigenvalue weighted by molar-refractivity contribution is 7.13. The van der Waals surface area contributed by atoms with Crippen molar-refractivity contribution in [2.75, 3.05) is 10.6 Å². The third-order valence-electron chi connectivity index (χ3n) is 3.77. The topological polar surface area (TPSA) is 96.3 Å². The predicted octanol–water partition coefficient (Wildman–Crippen LogP) is 4.61. The van der Waals surface area contributed by atoms with E-state index < -0.39 is 0 Å². The van der Waals surface area contributed by atoms with Crippen LogP contribution in [-0.2, 0) is 12.0 Å². The third kappa shape index (κ3) is 5.20. The van der Waals surface area contributed by atoms with Crippen molar-refractivity contribution in [2.45, 2.75) is 32.7 Å². The first kappa shape index (κ1) is 19.6. The Labute approximate surface area is 167 Å². The number of rotatable bonds is 5. The molecule has 0 saturated heterocycles. The molecule has 3 aromatic rings. The number of hydrogen-bond donors (Lipinski definition) is 3. The average Bonchev–Trinajstić information content (AvgIpc) is 3.33. The maximum absolute atomic E-state index is 12.4. The van der Waals surface area contributed by atoms with Crippen LogP contribution >= 0.6 is 11.3 Å². The van der Waals surface area contributed by atoms with Crippen LogP contribution in [-0.4, -0.2) is 16.9 Å². The van der Waals surface area contributed by atoms with Gasteiger partial charge >= 0.3 is 6.03 Å². The molecule has 28 heavy (non-hydrogen) atoms. The number of anilines is 2. The number of nitrogens with one attached hydrogen (secondary N) is 3. The number of aromatic nitrogens is 1. The minimum Gasteiger partial charge on any atom is -0.467 e. The fraction of sp³-hybridized carbons (Fsp3) is 0.250. The zero-order valence-corrected chi connectivity index (χ0v) is 16.7. The standard InChI is InChI=1S/C20H22N4O3S/c1-20(2,3)18-21-12-16(28-18)17(25)23-13-6-8-14(9-7-13)24-19(26)22-11-15-5-4-10-27-15/h4-10,12H,11H2,1-3H3,(H,23,25)(H2,22,24,26). The van der Waals surface area contributed by atoms with Gasteiger partial charge in [0.05, 0.1) is 24.0 Å². The lowest BCUT2D eigenvalue weighted by molar-refractivity contribution is 0.103. The number of benzene rings is 1. The van der Waals surface area contributed by atoms with Gasteiger partial charge in [0.25, 0.3) is 5.91 Å². The second kappa shape index (κ2) is 8.26. The summed E-state index contributed by atoms with van der Waals surface area (Å²) in [5.74, 6) is 0.468. The van der Waals surface area contributed by atoms with Crippen molar-refractivity contribution in [3.05, 3.63) is 64.5 Å². The summed E-state index contributed by atoms with van der Waals surface area (Å²) in [4.78, 5) is 29.2. The number of hydrogen-bond acceptors (Lipinski definition) is 5. The van der Waals surface area contributed by atoms with E-state index in [1.54, 1.807) is 48.9 Å². The van der Waals surface area contributed by atoms with Crippen LogP contribution in [0.3, 0.4) is 0 Å². The van der Waals surface area contributed by atoms with Gasteiger partial charge in [0.1, 0.15) is 10.6 Å². The molecule has 3 rings (SSSR count). The first-order chi connectivity index (χ1) is 13.3. The molecule has 0 bridgehead atoms. The van der Waals surface area contributed by atoms with Crippen molar-refractivity contribution >= 4 is 34.6 Å². The Morgan fingerprint density at radius 1 is 1.07 bits per heavy atom. The maximum Gasteiger partial charge on any atom is 0.319 e. The van der Waals surface area contributed by atoms with Gasteiger partial charge in [-0.25, -0.2) is 9.78 Å². The van der Waals surface area contributed by atoms with Crippen molar-refractivity contribution < 1.29 is 14.0 Å². The van der Waals surface area contributed by atoms with Gasteiger partial charge in [-0.05, 0) is 36.4 Å². The second-order valence-corrected chi connectivity index (χ2v) is 8.23. The first-order valence-electron chi connectivity index (χ1n) is 8.76. The maximum atomic E-state index is 12.4. The fourth-order valence-electron chi connectivity index (χ4n) is 2.31.